The molecular weight excluding hydrogens is 350 g/mol. The van der Waals surface area contributed by atoms with Gasteiger partial charge in [-0.25, -0.2) is 14.8 Å². The maximum absolute atomic E-state index is 12.5. The minimum atomic E-state index is -0.428. The van der Waals surface area contributed by atoms with Crippen molar-refractivity contribution in [2.75, 3.05) is 11.9 Å². The summed E-state index contributed by atoms with van der Waals surface area (Å²) in [6.07, 6.45) is 4.36. The van der Waals surface area contributed by atoms with Crippen LogP contribution in [0.5, 0.6) is 0 Å². The highest BCUT2D eigenvalue weighted by molar-refractivity contribution is 7.15. The highest BCUT2D eigenvalue weighted by Crippen LogP contribution is 2.33. The van der Waals surface area contributed by atoms with Crippen molar-refractivity contribution in [1.29, 1.82) is 0 Å². The molecule has 0 aliphatic heterocycles. The Hall–Kier alpha value is -2.28. The maximum Gasteiger partial charge on any atom is 0.339 e. The van der Waals surface area contributed by atoms with Gasteiger partial charge < -0.3 is 4.74 Å². The fraction of sp³-hybridized carbons (Fsp3) is 0.474. The lowest BCUT2D eigenvalue weighted by Crippen LogP contribution is -2.16. The molecule has 1 aliphatic carbocycles. The van der Waals surface area contributed by atoms with E-state index in [1.807, 2.05) is 0 Å². The van der Waals surface area contributed by atoms with Crippen LogP contribution in [0.15, 0.2) is 12.1 Å². The number of aromatic nitrogens is 2. The van der Waals surface area contributed by atoms with Crippen molar-refractivity contribution in [3.05, 3.63) is 39.7 Å². The Morgan fingerprint density at radius 2 is 2.12 bits per heavy atom. The van der Waals surface area contributed by atoms with E-state index in [-0.39, 0.29) is 11.6 Å². The molecule has 3 rings (SSSR count). The standard InChI is InChI=1S/C19H23N3O3S/c1-4-12-6-8-14-16(10-12)26-19(21-14)22-17(23)15-9-7-13(11(3)20-15)18(24)25-5-2/h7,9,12H,4-6,8,10H2,1-3H3,(H,21,22,23). The number of hydrogen-bond donors (Lipinski definition) is 1. The largest absolute Gasteiger partial charge is 0.462 e. The van der Waals surface area contributed by atoms with Crippen LogP contribution in [-0.4, -0.2) is 28.5 Å². The summed E-state index contributed by atoms with van der Waals surface area (Å²) < 4.78 is 4.98. The first kappa shape index (κ1) is 18.5. The Bertz CT molecular complexity index is 831. The molecule has 0 fully saturated rings. The van der Waals surface area contributed by atoms with E-state index in [0.29, 0.717) is 28.9 Å². The predicted octanol–water partition coefficient (Wildman–Crippen LogP) is 3.79. The number of pyridine rings is 1. The molecule has 1 aliphatic rings. The maximum atomic E-state index is 12.5. The molecule has 0 bridgehead atoms. The third kappa shape index (κ3) is 3.93. The van der Waals surface area contributed by atoms with Crippen molar-refractivity contribution in [3.63, 3.8) is 0 Å². The molecule has 0 spiro atoms. The number of anilines is 1. The number of nitrogens with one attached hydrogen (secondary N) is 1. The summed E-state index contributed by atoms with van der Waals surface area (Å²) in [6, 6.07) is 3.11. The third-order valence-corrected chi connectivity index (χ3v) is 5.69. The fourth-order valence-corrected chi connectivity index (χ4v) is 4.24. The van der Waals surface area contributed by atoms with Crippen LogP contribution >= 0.6 is 11.3 Å². The lowest BCUT2D eigenvalue weighted by Gasteiger charge is -2.18. The highest BCUT2D eigenvalue weighted by Gasteiger charge is 2.22. The summed E-state index contributed by atoms with van der Waals surface area (Å²) in [6.45, 7) is 5.95. The smallest absolute Gasteiger partial charge is 0.339 e. The van der Waals surface area contributed by atoms with Crippen molar-refractivity contribution < 1.29 is 14.3 Å². The molecule has 7 heteroatoms. The normalized spacial score (nSPS) is 16.0. The minimum Gasteiger partial charge on any atom is -0.462 e. The highest BCUT2D eigenvalue weighted by atomic mass is 32.1. The Kier molecular flexibility index (Phi) is 5.66. The van der Waals surface area contributed by atoms with Crippen molar-refractivity contribution in [2.24, 2.45) is 5.92 Å². The zero-order valence-corrected chi connectivity index (χ0v) is 16.1. The van der Waals surface area contributed by atoms with Crippen LogP contribution in [0.4, 0.5) is 5.13 Å². The molecule has 2 aromatic rings. The van der Waals surface area contributed by atoms with Crippen molar-refractivity contribution in [2.45, 2.75) is 46.5 Å². The second-order valence-corrected chi connectivity index (χ2v) is 7.49. The molecular formula is C19H23N3O3S. The van der Waals surface area contributed by atoms with Gasteiger partial charge in [0.1, 0.15) is 5.69 Å². The number of thiazole rings is 1. The van der Waals surface area contributed by atoms with Gasteiger partial charge in [0.2, 0.25) is 0 Å². The zero-order valence-electron chi connectivity index (χ0n) is 15.3. The van der Waals surface area contributed by atoms with Gasteiger partial charge in [0.05, 0.1) is 23.6 Å². The van der Waals surface area contributed by atoms with Gasteiger partial charge in [0, 0.05) is 4.88 Å². The molecule has 26 heavy (non-hydrogen) atoms. The van der Waals surface area contributed by atoms with Gasteiger partial charge in [-0.2, -0.15) is 0 Å². The molecule has 1 atom stereocenters. The number of aryl methyl sites for hydroxylation is 2. The van der Waals surface area contributed by atoms with Crippen LogP contribution in [0.2, 0.25) is 0 Å². The molecule has 0 saturated heterocycles. The van der Waals surface area contributed by atoms with Crippen molar-refractivity contribution in [1.82, 2.24) is 9.97 Å². The first-order valence-electron chi connectivity index (χ1n) is 8.96. The summed E-state index contributed by atoms with van der Waals surface area (Å²) in [5, 5.41) is 3.46. The Morgan fingerprint density at radius 1 is 1.31 bits per heavy atom. The van der Waals surface area contributed by atoms with Gasteiger partial charge in [-0.05, 0) is 51.2 Å². The van der Waals surface area contributed by atoms with Crippen LogP contribution in [0, 0.1) is 12.8 Å². The van der Waals surface area contributed by atoms with Crippen LogP contribution in [0.3, 0.4) is 0 Å². The van der Waals surface area contributed by atoms with Crippen LogP contribution in [0.25, 0.3) is 0 Å². The van der Waals surface area contributed by atoms with Gasteiger partial charge in [0.25, 0.3) is 5.91 Å². The minimum absolute atomic E-state index is 0.259. The number of esters is 1. The number of nitrogens with zero attached hydrogens (tertiary/aromatic N) is 2. The number of carbonyl (C=O) groups excluding carboxylic acids is 2. The molecule has 0 saturated carbocycles. The summed E-state index contributed by atoms with van der Waals surface area (Å²) in [4.78, 5) is 34.4. The van der Waals surface area contributed by atoms with E-state index in [1.165, 1.54) is 17.4 Å². The number of ether oxygens (including phenoxy) is 1. The van der Waals surface area contributed by atoms with E-state index in [0.717, 1.165) is 25.0 Å². The van der Waals surface area contributed by atoms with E-state index < -0.39 is 5.97 Å². The number of amides is 1. The Labute approximate surface area is 157 Å². The SMILES string of the molecule is CCOC(=O)c1ccc(C(=O)Nc2nc3c(s2)CC(CC)CC3)nc1C. The monoisotopic (exact) mass is 373 g/mol. The molecule has 1 N–H and O–H groups in total. The third-order valence-electron chi connectivity index (χ3n) is 4.65. The number of hydrogen-bond acceptors (Lipinski definition) is 6. The molecule has 1 unspecified atom stereocenters. The fourth-order valence-electron chi connectivity index (χ4n) is 3.12. The van der Waals surface area contributed by atoms with E-state index >= 15 is 0 Å². The Morgan fingerprint density at radius 3 is 2.81 bits per heavy atom. The molecule has 2 heterocycles. The first-order valence-corrected chi connectivity index (χ1v) is 9.78. The van der Waals surface area contributed by atoms with Crippen molar-refractivity contribution >= 4 is 28.3 Å². The number of rotatable bonds is 5. The van der Waals surface area contributed by atoms with Crippen LogP contribution in [-0.2, 0) is 17.6 Å². The van der Waals surface area contributed by atoms with Crippen LogP contribution < -0.4 is 5.32 Å². The Balaban J connectivity index is 1.72. The van der Waals surface area contributed by atoms with Gasteiger partial charge in [0.15, 0.2) is 5.13 Å². The lowest BCUT2D eigenvalue weighted by atomic mass is 9.89. The number of carbonyl (C=O) groups is 2. The first-order chi connectivity index (χ1) is 12.5. The van der Waals surface area contributed by atoms with E-state index in [2.05, 4.69) is 22.2 Å². The second-order valence-electron chi connectivity index (χ2n) is 6.41. The average molecular weight is 373 g/mol. The zero-order chi connectivity index (χ0) is 18.7. The van der Waals surface area contributed by atoms with E-state index in [1.54, 1.807) is 31.3 Å². The average Bonchev–Trinajstić information content (AvgIpc) is 3.02. The predicted molar refractivity (Wildman–Crippen MR) is 101 cm³/mol. The molecule has 138 valence electrons. The summed E-state index contributed by atoms with van der Waals surface area (Å²) in [7, 11) is 0. The summed E-state index contributed by atoms with van der Waals surface area (Å²) in [5.74, 6) is -0.0320. The molecule has 0 aromatic carbocycles. The van der Waals surface area contributed by atoms with Gasteiger partial charge >= 0.3 is 5.97 Å². The molecule has 1 amide bonds. The second kappa shape index (κ2) is 7.95. The number of fused-ring (bicyclic) bond motifs is 1. The van der Waals surface area contributed by atoms with Crippen molar-refractivity contribution in [3.8, 4) is 0 Å². The lowest BCUT2D eigenvalue weighted by molar-refractivity contribution is 0.0524. The van der Waals surface area contributed by atoms with Gasteiger partial charge in [-0.15, -0.1) is 11.3 Å². The molecule has 0 radical (unpaired) electrons. The molecule has 2 aromatic heterocycles. The van der Waals surface area contributed by atoms with E-state index in [9.17, 15) is 9.59 Å². The molecule has 6 nitrogen and oxygen atoms in total. The summed E-state index contributed by atoms with van der Waals surface area (Å²) >= 11 is 1.55. The van der Waals surface area contributed by atoms with Gasteiger partial charge in [-0.1, -0.05) is 13.3 Å². The van der Waals surface area contributed by atoms with E-state index in [4.69, 9.17) is 4.74 Å². The topological polar surface area (TPSA) is 81.2 Å². The van der Waals surface area contributed by atoms with Crippen LogP contribution in [0.1, 0.15) is 63.8 Å². The van der Waals surface area contributed by atoms with Gasteiger partial charge in [-0.3, -0.25) is 10.1 Å². The summed E-state index contributed by atoms with van der Waals surface area (Å²) in [5.41, 5.74) is 2.21. The quantitative estimate of drug-likeness (QED) is 0.807.